The third-order valence-electron chi connectivity index (χ3n) is 3.44. The van der Waals surface area contributed by atoms with Gasteiger partial charge in [0.1, 0.15) is 0 Å². The molecule has 0 spiro atoms. The Bertz CT molecular complexity index is 495. The Morgan fingerprint density at radius 1 is 1.29 bits per heavy atom. The summed E-state index contributed by atoms with van der Waals surface area (Å²) in [5, 5.41) is 5.45. The number of nitrogens with two attached hydrogens (primary N) is 1. The van der Waals surface area contributed by atoms with E-state index in [0.29, 0.717) is 17.9 Å². The molecule has 0 heterocycles. The van der Waals surface area contributed by atoms with Crippen LogP contribution in [0.15, 0.2) is 24.3 Å². The average Bonchev–Trinajstić information content (AvgIpc) is 2.43. The molecule has 0 saturated heterocycles. The first kappa shape index (κ1) is 15.3. The second kappa shape index (κ2) is 7.08. The number of carbonyl (C=O) groups excluding carboxylic acids is 2. The van der Waals surface area contributed by atoms with Crippen LogP contribution < -0.4 is 16.4 Å². The molecule has 0 unspecified atom stereocenters. The third kappa shape index (κ3) is 4.46. The highest BCUT2D eigenvalue weighted by molar-refractivity contribution is 5.96. The minimum atomic E-state index is -0.286. The van der Waals surface area contributed by atoms with Gasteiger partial charge >= 0.3 is 0 Å². The van der Waals surface area contributed by atoms with Gasteiger partial charge in [-0.25, -0.2) is 0 Å². The monoisotopic (exact) mass is 291 g/mol. The van der Waals surface area contributed by atoms with Gasteiger partial charge in [0.25, 0.3) is 5.91 Å². The van der Waals surface area contributed by atoms with Gasteiger partial charge in [-0.15, -0.1) is 0 Å². The Balaban J connectivity index is 1.67. The van der Waals surface area contributed by atoms with Crippen LogP contribution in [0.25, 0.3) is 0 Å². The zero-order valence-electron chi connectivity index (χ0n) is 12.1. The van der Waals surface area contributed by atoms with Crippen LogP contribution in [0.1, 0.15) is 30.1 Å². The van der Waals surface area contributed by atoms with Crippen LogP contribution in [0.3, 0.4) is 0 Å². The van der Waals surface area contributed by atoms with Crippen molar-refractivity contribution < 1.29 is 14.3 Å². The summed E-state index contributed by atoms with van der Waals surface area (Å²) in [6.45, 7) is 2.63. The standard InChI is InChI=1S/C15H21N3O3/c1-2-21-13-7-12(8-13)18-14(19)9-17-15(20)10-3-5-11(16)6-4-10/h3-6,12-13H,2,7-9,16H2,1H3,(H,17,20)(H,18,19). The molecule has 1 aromatic rings. The van der Waals surface area contributed by atoms with Crippen molar-refractivity contribution in [3.63, 3.8) is 0 Å². The number of rotatable bonds is 6. The molecule has 1 aliphatic carbocycles. The van der Waals surface area contributed by atoms with Crippen molar-refractivity contribution in [3.8, 4) is 0 Å². The van der Waals surface area contributed by atoms with Crippen molar-refractivity contribution in [1.29, 1.82) is 0 Å². The molecule has 0 aromatic heterocycles. The second-order valence-corrected chi connectivity index (χ2v) is 5.12. The van der Waals surface area contributed by atoms with Gasteiger partial charge in [0.05, 0.1) is 12.6 Å². The summed E-state index contributed by atoms with van der Waals surface area (Å²) in [4.78, 5) is 23.5. The zero-order valence-corrected chi connectivity index (χ0v) is 12.1. The van der Waals surface area contributed by atoms with Crippen molar-refractivity contribution in [1.82, 2.24) is 10.6 Å². The van der Waals surface area contributed by atoms with Crippen LogP contribution in [0.2, 0.25) is 0 Å². The van der Waals surface area contributed by atoms with E-state index in [1.165, 1.54) is 0 Å². The lowest BCUT2D eigenvalue weighted by Crippen LogP contribution is -2.50. The first-order valence-corrected chi connectivity index (χ1v) is 7.13. The molecule has 1 aliphatic rings. The van der Waals surface area contributed by atoms with Gasteiger partial charge in [-0.2, -0.15) is 0 Å². The predicted molar refractivity (Wildman–Crippen MR) is 79.8 cm³/mol. The fraction of sp³-hybridized carbons (Fsp3) is 0.467. The molecule has 1 saturated carbocycles. The Hall–Kier alpha value is -2.08. The SMILES string of the molecule is CCOC1CC(NC(=O)CNC(=O)c2ccc(N)cc2)C1. The van der Waals surface area contributed by atoms with Crippen molar-refractivity contribution in [2.24, 2.45) is 0 Å². The number of nitrogens with one attached hydrogen (secondary N) is 2. The summed E-state index contributed by atoms with van der Waals surface area (Å²) in [6, 6.07) is 6.71. The molecule has 0 radical (unpaired) electrons. The topological polar surface area (TPSA) is 93.5 Å². The highest BCUT2D eigenvalue weighted by Crippen LogP contribution is 2.22. The summed E-state index contributed by atoms with van der Waals surface area (Å²) < 4.78 is 5.42. The van der Waals surface area contributed by atoms with E-state index >= 15 is 0 Å². The molecule has 6 heteroatoms. The van der Waals surface area contributed by atoms with Crippen molar-refractivity contribution >= 4 is 17.5 Å². The number of hydrogen-bond acceptors (Lipinski definition) is 4. The van der Waals surface area contributed by atoms with E-state index in [4.69, 9.17) is 10.5 Å². The second-order valence-electron chi connectivity index (χ2n) is 5.12. The van der Waals surface area contributed by atoms with Gasteiger partial charge in [0, 0.05) is 23.9 Å². The normalized spacial score (nSPS) is 20.4. The number of amides is 2. The molecule has 0 atom stereocenters. The maximum absolute atomic E-state index is 11.8. The van der Waals surface area contributed by atoms with Crippen molar-refractivity contribution in [3.05, 3.63) is 29.8 Å². The fourth-order valence-corrected chi connectivity index (χ4v) is 2.23. The molecule has 4 N–H and O–H groups in total. The number of anilines is 1. The maximum Gasteiger partial charge on any atom is 0.251 e. The maximum atomic E-state index is 11.8. The lowest BCUT2D eigenvalue weighted by molar-refractivity contribution is -0.122. The van der Waals surface area contributed by atoms with Crippen LogP contribution in [0.5, 0.6) is 0 Å². The molecule has 114 valence electrons. The van der Waals surface area contributed by atoms with Crippen LogP contribution in [0, 0.1) is 0 Å². The van der Waals surface area contributed by atoms with E-state index in [1.807, 2.05) is 6.92 Å². The zero-order chi connectivity index (χ0) is 15.2. The lowest BCUT2D eigenvalue weighted by atomic mass is 9.89. The molecule has 6 nitrogen and oxygen atoms in total. The van der Waals surface area contributed by atoms with Gasteiger partial charge < -0.3 is 21.1 Å². The highest BCUT2D eigenvalue weighted by atomic mass is 16.5. The summed E-state index contributed by atoms with van der Waals surface area (Å²) >= 11 is 0. The molecule has 2 rings (SSSR count). The average molecular weight is 291 g/mol. The van der Waals surface area contributed by atoms with Gasteiger partial charge in [-0.05, 0) is 44.0 Å². The summed E-state index contributed by atoms with van der Waals surface area (Å²) in [7, 11) is 0. The first-order valence-electron chi connectivity index (χ1n) is 7.13. The van der Waals surface area contributed by atoms with E-state index in [2.05, 4.69) is 10.6 Å². The molecule has 0 bridgehead atoms. The van der Waals surface area contributed by atoms with Crippen LogP contribution >= 0.6 is 0 Å². The number of nitrogen functional groups attached to an aromatic ring is 1. The lowest BCUT2D eigenvalue weighted by Gasteiger charge is -2.35. The number of hydrogen-bond donors (Lipinski definition) is 3. The molecule has 21 heavy (non-hydrogen) atoms. The number of carbonyl (C=O) groups is 2. The van der Waals surface area contributed by atoms with Gasteiger partial charge in [-0.3, -0.25) is 9.59 Å². The smallest absolute Gasteiger partial charge is 0.251 e. The van der Waals surface area contributed by atoms with E-state index in [9.17, 15) is 9.59 Å². The summed E-state index contributed by atoms with van der Waals surface area (Å²) in [5.74, 6) is -0.468. The van der Waals surface area contributed by atoms with E-state index < -0.39 is 0 Å². The Morgan fingerprint density at radius 2 is 1.95 bits per heavy atom. The predicted octanol–water partition coefficient (Wildman–Crippen LogP) is 0.682. The molecule has 1 aromatic carbocycles. The summed E-state index contributed by atoms with van der Waals surface area (Å²) in [5.41, 5.74) is 6.63. The Kier molecular flexibility index (Phi) is 5.16. The van der Waals surface area contributed by atoms with E-state index in [1.54, 1.807) is 24.3 Å². The quantitative estimate of drug-likeness (QED) is 0.672. The highest BCUT2D eigenvalue weighted by Gasteiger charge is 2.30. The van der Waals surface area contributed by atoms with Crippen LogP contribution in [0.4, 0.5) is 5.69 Å². The van der Waals surface area contributed by atoms with Gasteiger partial charge in [0.2, 0.25) is 5.91 Å². The molecule has 1 fully saturated rings. The first-order chi connectivity index (χ1) is 10.1. The van der Waals surface area contributed by atoms with Crippen molar-refractivity contribution in [2.45, 2.75) is 31.9 Å². The van der Waals surface area contributed by atoms with E-state index in [-0.39, 0.29) is 30.5 Å². The Labute approximate surface area is 124 Å². The molecular weight excluding hydrogens is 270 g/mol. The van der Waals surface area contributed by atoms with Crippen molar-refractivity contribution in [2.75, 3.05) is 18.9 Å². The van der Waals surface area contributed by atoms with E-state index in [0.717, 1.165) is 12.8 Å². The number of ether oxygens (including phenoxy) is 1. The largest absolute Gasteiger partial charge is 0.399 e. The minimum absolute atomic E-state index is 0.0288. The molecule has 0 aliphatic heterocycles. The Morgan fingerprint density at radius 3 is 2.57 bits per heavy atom. The third-order valence-corrected chi connectivity index (χ3v) is 3.44. The molecule has 2 amide bonds. The fourth-order valence-electron chi connectivity index (χ4n) is 2.23. The minimum Gasteiger partial charge on any atom is -0.399 e. The molecular formula is C15H21N3O3. The van der Waals surface area contributed by atoms with Gasteiger partial charge in [0.15, 0.2) is 0 Å². The van der Waals surface area contributed by atoms with Crippen LogP contribution in [-0.2, 0) is 9.53 Å². The van der Waals surface area contributed by atoms with Crippen LogP contribution in [-0.4, -0.2) is 37.1 Å². The summed E-state index contributed by atoms with van der Waals surface area (Å²) in [6.07, 6.45) is 1.93. The number of benzene rings is 1. The van der Waals surface area contributed by atoms with Gasteiger partial charge in [-0.1, -0.05) is 0 Å².